The molecule has 0 bridgehead atoms. The third kappa shape index (κ3) is 8.86. The van der Waals surface area contributed by atoms with Crippen LogP contribution in [0.5, 0.6) is 23.0 Å². The molecule has 6 rings (SSSR count). The zero-order valence-corrected chi connectivity index (χ0v) is 27.8. The summed E-state index contributed by atoms with van der Waals surface area (Å²) in [6.07, 6.45) is 0.315. The first-order chi connectivity index (χ1) is 22.7. The number of ether oxygens (including phenoxy) is 6. The molecule has 4 aromatic carbocycles. The Balaban J connectivity index is 0.923. The van der Waals surface area contributed by atoms with Gasteiger partial charge in [-0.15, -0.1) is 0 Å². The highest BCUT2D eigenvalue weighted by molar-refractivity contribution is 5.43. The molecule has 0 aliphatic carbocycles. The maximum atomic E-state index is 10.5. The third-order valence-corrected chi connectivity index (χ3v) is 9.14. The van der Waals surface area contributed by atoms with E-state index >= 15 is 0 Å². The summed E-state index contributed by atoms with van der Waals surface area (Å²) in [4.78, 5) is 0. The first-order valence-electron chi connectivity index (χ1n) is 16.5. The van der Waals surface area contributed by atoms with Crippen LogP contribution in [0.1, 0.15) is 56.4 Å². The van der Waals surface area contributed by atoms with Crippen LogP contribution in [0.3, 0.4) is 0 Å². The molecule has 0 radical (unpaired) electrons. The van der Waals surface area contributed by atoms with Crippen LogP contribution in [0.25, 0.3) is 0 Å². The second-order valence-electron chi connectivity index (χ2n) is 13.5. The number of hydrogen-bond acceptors (Lipinski definition) is 7. The largest absolute Gasteiger partial charge is 0.493 e. The van der Waals surface area contributed by atoms with Crippen molar-refractivity contribution in [2.75, 3.05) is 39.6 Å². The summed E-state index contributed by atoms with van der Waals surface area (Å²) in [5.41, 5.74) is 4.41. The van der Waals surface area contributed by atoms with Crippen molar-refractivity contribution in [3.05, 3.63) is 119 Å². The number of epoxide rings is 2. The molecule has 2 fully saturated rings. The van der Waals surface area contributed by atoms with Gasteiger partial charge in [-0.25, -0.2) is 0 Å². The van der Waals surface area contributed by atoms with Crippen molar-refractivity contribution in [3.63, 3.8) is 0 Å². The van der Waals surface area contributed by atoms with Crippen LogP contribution < -0.4 is 18.9 Å². The number of hydrogen-bond donors (Lipinski definition) is 1. The Labute approximate surface area is 278 Å². The van der Waals surface area contributed by atoms with E-state index < -0.39 is 6.10 Å². The van der Waals surface area contributed by atoms with Gasteiger partial charge in [-0.2, -0.15) is 0 Å². The standard InChI is InChI=1S/C40H46O7/c1-39(2,30-9-17-35(18-10-30)44-24-37-26-46-37)28-5-13-33(14-6-28)42-22-21-32(41)23-43-34-15-7-29(8-16-34)40(3,4)31-11-19-36(20-12-31)45-25-38-27-47-38/h5-20,32,37-38,41H,21-27H2,1-4H3. The zero-order valence-electron chi connectivity index (χ0n) is 27.8. The highest BCUT2D eigenvalue weighted by Crippen LogP contribution is 2.35. The van der Waals surface area contributed by atoms with Crippen molar-refractivity contribution >= 4 is 0 Å². The van der Waals surface area contributed by atoms with Crippen LogP contribution in [0.15, 0.2) is 97.1 Å². The third-order valence-electron chi connectivity index (χ3n) is 9.14. The quantitative estimate of drug-likeness (QED) is 0.124. The van der Waals surface area contributed by atoms with E-state index in [0.29, 0.717) is 26.2 Å². The fourth-order valence-corrected chi connectivity index (χ4v) is 5.50. The summed E-state index contributed by atoms with van der Waals surface area (Å²) in [5, 5.41) is 10.5. The molecule has 2 aliphatic heterocycles. The smallest absolute Gasteiger partial charge is 0.119 e. The van der Waals surface area contributed by atoms with Gasteiger partial charge < -0.3 is 33.5 Å². The Morgan fingerprint density at radius 2 is 0.872 bits per heavy atom. The Bertz CT molecular complexity index is 1550. The normalized spacial score (nSPS) is 17.9. The Hall–Kier alpha value is -4.04. The van der Waals surface area contributed by atoms with Gasteiger partial charge in [-0.1, -0.05) is 76.2 Å². The first-order valence-corrected chi connectivity index (χ1v) is 16.5. The van der Waals surface area contributed by atoms with Crippen molar-refractivity contribution in [1.82, 2.24) is 0 Å². The van der Waals surface area contributed by atoms with Crippen LogP contribution >= 0.6 is 0 Å². The molecule has 0 aromatic heterocycles. The van der Waals surface area contributed by atoms with E-state index in [1.165, 1.54) is 22.3 Å². The number of aliphatic hydroxyl groups is 1. The fraction of sp³-hybridized carbons (Fsp3) is 0.400. The maximum absolute atomic E-state index is 10.5. The Morgan fingerprint density at radius 1 is 0.553 bits per heavy atom. The van der Waals surface area contributed by atoms with Gasteiger partial charge in [-0.3, -0.25) is 0 Å². The monoisotopic (exact) mass is 638 g/mol. The zero-order chi connectivity index (χ0) is 32.9. The molecule has 2 aliphatic rings. The van der Waals surface area contributed by atoms with Gasteiger partial charge in [-0.05, 0) is 70.8 Å². The minimum Gasteiger partial charge on any atom is -0.493 e. The Kier molecular flexibility index (Phi) is 10.1. The summed E-state index contributed by atoms with van der Waals surface area (Å²) in [7, 11) is 0. The number of rotatable bonds is 17. The minimum atomic E-state index is -0.639. The van der Waals surface area contributed by atoms with Gasteiger partial charge >= 0.3 is 0 Å². The molecule has 248 valence electrons. The molecule has 1 N–H and O–H groups in total. The van der Waals surface area contributed by atoms with Gasteiger partial charge in [0.25, 0.3) is 0 Å². The van der Waals surface area contributed by atoms with E-state index in [2.05, 4.69) is 76.2 Å². The molecular formula is C40H46O7. The molecule has 3 atom stereocenters. The molecule has 2 saturated heterocycles. The van der Waals surface area contributed by atoms with Gasteiger partial charge in [0, 0.05) is 17.3 Å². The molecular weight excluding hydrogens is 592 g/mol. The van der Waals surface area contributed by atoms with Gasteiger partial charge in [0.2, 0.25) is 0 Å². The van der Waals surface area contributed by atoms with Gasteiger partial charge in [0.1, 0.15) is 55.0 Å². The van der Waals surface area contributed by atoms with E-state index in [9.17, 15) is 5.11 Å². The van der Waals surface area contributed by atoms with Crippen molar-refractivity contribution in [1.29, 1.82) is 0 Å². The second-order valence-corrected chi connectivity index (χ2v) is 13.5. The summed E-state index contributed by atoms with van der Waals surface area (Å²) >= 11 is 0. The molecule has 0 amide bonds. The lowest BCUT2D eigenvalue weighted by Gasteiger charge is -2.26. The highest BCUT2D eigenvalue weighted by Gasteiger charge is 2.26. The highest BCUT2D eigenvalue weighted by atomic mass is 16.6. The molecule has 47 heavy (non-hydrogen) atoms. The lowest BCUT2D eigenvalue weighted by molar-refractivity contribution is 0.0857. The average Bonchev–Trinajstić information content (AvgIpc) is 4.03. The predicted molar refractivity (Wildman–Crippen MR) is 182 cm³/mol. The van der Waals surface area contributed by atoms with Crippen LogP contribution in [0, 0.1) is 0 Å². The lowest BCUT2D eigenvalue weighted by Crippen LogP contribution is -2.21. The van der Waals surface area contributed by atoms with E-state index in [4.69, 9.17) is 28.4 Å². The fourth-order valence-electron chi connectivity index (χ4n) is 5.50. The first kappa shape index (κ1) is 32.9. The van der Waals surface area contributed by atoms with Crippen LogP contribution in [0.4, 0.5) is 0 Å². The summed E-state index contributed by atoms with van der Waals surface area (Å²) in [6, 6.07) is 32.8. The van der Waals surface area contributed by atoms with Crippen LogP contribution in [-0.2, 0) is 20.3 Å². The Morgan fingerprint density at radius 3 is 1.21 bits per heavy atom. The van der Waals surface area contributed by atoms with Crippen molar-refractivity contribution in [2.24, 2.45) is 0 Å². The topological polar surface area (TPSA) is 82.2 Å². The summed E-state index contributed by atoms with van der Waals surface area (Å²) in [5.74, 6) is 3.22. The van der Waals surface area contributed by atoms with Crippen LogP contribution in [-0.4, -0.2) is 63.1 Å². The number of aliphatic hydroxyl groups excluding tert-OH is 1. The summed E-state index contributed by atoms with van der Waals surface area (Å²) < 4.78 is 33.8. The number of benzene rings is 4. The van der Waals surface area contributed by atoms with E-state index in [-0.39, 0.29) is 29.6 Å². The molecule has 0 saturated carbocycles. The molecule has 4 aromatic rings. The van der Waals surface area contributed by atoms with Gasteiger partial charge in [0.05, 0.1) is 25.9 Å². The summed E-state index contributed by atoms with van der Waals surface area (Å²) in [6.45, 7) is 12.2. The SMILES string of the molecule is CC(C)(c1ccc(OCCC(O)COc2ccc(C(C)(C)c3ccc(OCC4CO4)cc3)cc2)cc1)c1ccc(OCC2CO2)cc1. The van der Waals surface area contributed by atoms with Crippen molar-refractivity contribution in [3.8, 4) is 23.0 Å². The van der Waals surface area contributed by atoms with Gasteiger partial charge in [0.15, 0.2) is 0 Å². The van der Waals surface area contributed by atoms with Crippen molar-refractivity contribution < 1.29 is 33.5 Å². The van der Waals surface area contributed by atoms with Crippen molar-refractivity contribution in [2.45, 2.75) is 63.3 Å². The lowest BCUT2D eigenvalue weighted by atomic mass is 9.78. The molecule has 3 unspecified atom stereocenters. The average molecular weight is 639 g/mol. The molecule has 7 nitrogen and oxygen atoms in total. The van der Waals surface area contributed by atoms with E-state index in [1.54, 1.807) is 0 Å². The molecule has 7 heteroatoms. The second kappa shape index (κ2) is 14.4. The van der Waals surface area contributed by atoms with E-state index in [0.717, 1.165) is 36.2 Å². The maximum Gasteiger partial charge on any atom is 0.119 e. The molecule has 2 heterocycles. The minimum absolute atomic E-state index is 0.176. The van der Waals surface area contributed by atoms with Crippen LogP contribution in [0.2, 0.25) is 0 Å². The molecule has 0 spiro atoms. The predicted octanol–water partition coefficient (Wildman–Crippen LogP) is 7.10. The van der Waals surface area contributed by atoms with E-state index in [1.807, 2.05) is 48.5 Å².